The Morgan fingerprint density at radius 3 is 2.68 bits per heavy atom. The quantitative estimate of drug-likeness (QED) is 0.534. The lowest BCUT2D eigenvalue weighted by Gasteiger charge is -2.34. The number of nitrogens with zero attached hydrogens (tertiary/aromatic N) is 1. The number of urea groups is 1. The van der Waals surface area contributed by atoms with Crippen molar-refractivity contribution in [3.8, 4) is 0 Å². The van der Waals surface area contributed by atoms with Crippen molar-refractivity contribution in [2.24, 2.45) is 5.92 Å². The molecule has 0 saturated carbocycles. The van der Waals surface area contributed by atoms with Gasteiger partial charge in [-0.15, -0.1) is 0 Å². The minimum Gasteiger partial charge on any atom is -0.330 e. The number of benzene rings is 2. The first-order chi connectivity index (χ1) is 13.3. The number of hydrogen-bond donors (Lipinski definition) is 3. The summed E-state index contributed by atoms with van der Waals surface area (Å²) in [5.74, 6) is -2.46. The van der Waals surface area contributed by atoms with Crippen LogP contribution in [0.15, 0.2) is 54.7 Å². The van der Waals surface area contributed by atoms with Crippen LogP contribution in [0.5, 0.6) is 0 Å². The maximum absolute atomic E-state index is 14.4. The molecule has 28 heavy (non-hydrogen) atoms. The lowest BCUT2D eigenvalue weighted by atomic mass is 9.87. The second kappa shape index (κ2) is 7.65. The number of hydrogen-bond acceptors (Lipinski definition) is 4. The molecule has 3 N–H and O–H groups in total. The standard InChI is InChI=1S/C18H14ClFN4O4/c1-9-14(17(25)22-10-4-2-5-11(8-10)24(27)28)16(23-18(26)21-9)15-12(19)6-3-7-13(15)20/h2-8,14,16H,1H2,(H,22,25)(H2,21,23,26)/t14-,16-/m0/s1. The molecule has 0 bridgehead atoms. The number of nitrogens with one attached hydrogen (secondary N) is 3. The summed E-state index contributed by atoms with van der Waals surface area (Å²) in [7, 11) is 0. The van der Waals surface area contributed by atoms with Crippen LogP contribution in [0, 0.1) is 21.8 Å². The zero-order chi connectivity index (χ0) is 20.4. The second-order valence-electron chi connectivity index (χ2n) is 6.01. The Morgan fingerprint density at radius 2 is 2.00 bits per heavy atom. The van der Waals surface area contributed by atoms with Crippen molar-refractivity contribution < 1.29 is 18.9 Å². The van der Waals surface area contributed by atoms with Crippen LogP contribution in [0.4, 0.5) is 20.6 Å². The maximum atomic E-state index is 14.4. The van der Waals surface area contributed by atoms with Gasteiger partial charge in [0.1, 0.15) is 11.7 Å². The number of nitro benzene ring substituents is 1. The van der Waals surface area contributed by atoms with Gasteiger partial charge in [-0.2, -0.15) is 0 Å². The molecule has 2 aromatic rings. The molecule has 3 amide bonds. The van der Waals surface area contributed by atoms with Crippen molar-refractivity contribution in [3.63, 3.8) is 0 Å². The molecule has 144 valence electrons. The number of amides is 3. The largest absolute Gasteiger partial charge is 0.330 e. The molecule has 1 heterocycles. The van der Waals surface area contributed by atoms with E-state index < -0.39 is 34.6 Å². The van der Waals surface area contributed by atoms with Gasteiger partial charge in [-0.05, 0) is 18.2 Å². The summed E-state index contributed by atoms with van der Waals surface area (Å²) < 4.78 is 14.4. The third-order valence-electron chi connectivity index (χ3n) is 4.19. The van der Waals surface area contributed by atoms with E-state index >= 15 is 0 Å². The van der Waals surface area contributed by atoms with Gasteiger partial charge < -0.3 is 16.0 Å². The van der Waals surface area contributed by atoms with Gasteiger partial charge in [-0.1, -0.05) is 30.3 Å². The Bertz CT molecular complexity index is 977. The van der Waals surface area contributed by atoms with E-state index in [1.807, 2.05) is 0 Å². The van der Waals surface area contributed by atoms with Crippen LogP contribution < -0.4 is 16.0 Å². The minimum absolute atomic E-state index is 0.0353. The van der Waals surface area contributed by atoms with Gasteiger partial charge in [-0.3, -0.25) is 14.9 Å². The van der Waals surface area contributed by atoms with Crippen LogP contribution in [0.2, 0.25) is 5.02 Å². The van der Waals surface area contributed by atoms with Crippen molar-refractivity contribution >= 4 is 34.9 Å². The topological polar surface area (TPSA) is 113 Å². The van der Waals surface area contributed by atoms with Gasteiger partial charge in [-0.25, -0.2) is 9.18 Å². The van der Waals surface area contributed by atoms with Crippen molar-refractivity contribution in [2.75, 3.05) is 5.32 Å². The predicted molar refractivity (Wildman–Crippen MR) is 100 cm³/mol. The van der Waals surface area contributed by atoms with Gasteiger partial charge in [0.25, 0.3) is 5.69 Å². The molecule has 0 spiro atoms. The lowest BCUT2D eigenvalue weighted by Crippen LogP contribution is -2.52. The first kappa shape index (κ1) is 19.3. The van der Waals surface area contributed by atoms with Gasteiger partial charge in [0.15, 0.2) is 0 Å². The molecular formula is C18H14ClFN4O4. The first-order valence-corrected chi connectivity index (χ1v) is 8.41. The number of non-ortho nitro benzene ring substituents is 1. The fraction of sp³-hybridized carbons (Fsp3) is 0.111. The number of anilines is 1. The van der Waals surface area contributed by atoms with Crippen molar-refractivity contribution in [3.05, 3.63) is 81.3 Å². The zero-order valence-electron chi connectivity index (χ0n) is 14.2. The molecule has 1 aliphatic rings. The van der Waals surface area contributed by atoms with Crippen LogP contribution in [-0.2, 0) is 4.79 Å². The van der Waals surface area contributed by atoms with E-state index in [0.29, 0.717) is 0 Å². The molecule has 0 unspecified atom stereocenters. The second-order valence-corrected chi connectivity index (χ2v) is 6.42. The van der Waals surface area contributed by atoms with E-state index in [4.69, 9.17) is 11.6 Å². The Balaban J connectivity index is 1.95. The lowest BCUT2D eigenvalue weighted by molar-refractivity contribution is -0.384. The molecule has 1 aliphatic heterocycles. The molecular weight excluding hydrogens is 391 g/mol. The number of carbonyl (C=O) groups is 2. The molecule has 2 atom stereocenters. The number of nitro groups is 1. The summed E-state index contributed by atoms with van der Waals surface area (Å²) in [6.45, 7) is 3.68. The van der Waals surface area contributed by atoms with Crippen LogP contribution in [0.25, 0.3) is 0 Å². The van der Waals surface area contributed by atoms with Crippen molar-refractivity contribution in [2.45, 2.75) is 6.04 Å². The summed E-state index contributed by atoms with van der Waals surface area (Å²) in [5.41, 5.74) is -0.0574. The summed E-state index contributed by atoms with van der Waals surface area (Å²) in [6.07, 6.45) is 0. The minimum atomic E-state index is -1.12. The fourth-order valence-corrected chi connectivity index (χ4v) is 3.24. The van der Waals surface area contributed by atoms with Crippen LogP contribution >= 0.6 is 11.6 Å². The molecule has 0 aliphatic carbocycles. The molecule has 2 aromatic carbocycles. The van der Waals surface area contributed by atoms with E-state index in [0.717, 1.165) is 6.07 Å². The number of carbonyl (C=O) groups excluding carboxylic acids is 2. The van der Waals surface area contributed by atoms with Crippen LogP contribution in [-0.4, -0.2) is 16.9 Å². The number of rotatable bonds is 4. The molecule has 0 radical (unpaired) electrons. The molecule has 1 saturated heterocycles. The van der Waals surface area contributed by atoms with Gasteiger partial charge in [0.2, 0.25) is 5.91 Å². The van der Waals surface area contributed by atoms with Gasteiger partial charge in [0.05, 0.1) is 11.0 Å². The molecule has 1 fully saturated rings. The predicted octanol–water partition coefficient (Wildman–Crippen LogP) is 3.51. The normalized spacial score (nSPS) is 18.8. The molecule has 0 aromatic heterocycles. The highest BCUT2D eigenvalue weighted by Gasteiger charge is 2.40. The van der Waals surface area contributed by atoms with E-state index in [-0.39, 0.29) is 27.7 Å². The van der Waals surface area contributed by atoms with Crippen LogP contribution in [0.3, 0.4) is 0 Å². The monoisotopic (exact) mass is 404 g/mol. The van der Waals surface area contributed by atoms with E-state index in [1.54, 1.807) is 0 Å². The molecule has 10 heteroatoms. The Morgan fingerprint density at radius 1 is 1.29 bits per heavy atom. The summed E-state index contributed by atoms with van der Waals surface area (Å²) >= 11 is 6.10. The summed E-state index contributed by atoms with van der Waals surface area (Å²) in [5, 5.41) is 18.3. The first-order valence-electron chi connectivity index (χ1n) is 8.03. The van der Waals surface area contributed by atoms with Crippen molar-refractivity contribution in [1.29, 1.82) is 0 Å². The highest BCUT2D eigenvalue weighted by molar-refractivity contribution is 6.31. The van der Waals surface area contributed by atoms with Crippen LogP contribution in [0.1, 0.15) is 11.6 Å². The third-order valence-corrected chi connectivity index (χ3v) is 4.52. The van der Waals surface area contributed by atoms with E-state index in [2.05, 4.69) is 22.5 Å². The maximum Gasteiger partial charge on any atom is 0.319 e. The van der Waals surface area contributed by atoms with Crippen molar-refractivity contribution in [1.82, 2.24) is 10.6 Å². The smallest absolute Gasteiger partial charge is 0.319 e. The zero-order valence-corrected chi connectivity index (χ0v) is 15.0. The molecule has 8 nitrogen and oxygen atoms in total. The van der Waals surface area contributed by atoms with Gasteiger partial charge in [0, 0.05) is 34.1 Å². The summed E-state index contributed by atoms with van der Waals surface area (Å²) in [4.78, 5) is 35.1. The Labute approximate surface area is 163 Å². The number of halogens is 2. The average molecular weight is 405 g/mol. The molecule has 3 rings (SSSR count). The van der Waals surface area contributed by atoms with E-state index in [9.17, 15) is 24.1 Å². The summed E-state index contributed by atoms with van der Waals surface area (Å²) in [6, 6.07) is 7.56. The third kappa shape index (κ3) is 3.79. The highest BCUT2D eigenvalue weighted by atomic mass is 35.5. The average Bonchev–Trinajstić information content (AvgIpc) is 2.61. The Kier molecular flexibility index (Phi) is 5.27. The van der Waals surface area contributed by atoms with E-state index in [1.165, 1.54) is 36.4 Å². The SMILES string of the molecule is C=C1NC(=O)N[C@H](c2c(F)cccc2Cl)[C@H]1C(=O)Nc1cccc([N+](=O)[O-])c1. The van der Waals surface area contributed by atoms with Gasteiger partial charge >= 0.3 is 6.03 Å². The Hall–Kier alpha value is -3.46. The highest BCUT2D eigenvalue weighted by Crippen LogP contribution is 2.36. The fourth-order valence-electron chi connectivity index (χ4n) is 2.96.